The van der Waals surface area contributed by atoms with Crippen LogP contribution in [0.4, 0.5) is 11.4 Å². The second kappa shape index (κ2) is 6.86. The average molecular weight is 251 g/mol. The number of primary amides is 1. The van der Waals surface area contributed by atoms with Crippen molar-refractivity contribution in [2.45, 2.75) is 13.8 Å². The predicted octanol–water partition coefficient (Wildman–Crippen LogP) is 1.23. The summed E-state index contributed by atoms with van der Waals surface area (Å²) in [6.07, 6.45) is 0. The van der Waals surface area contributed by atoms with Gasteiger partial charge in [-0.3, -0.25) is 4.79 Å². The molecular weight excluding hydrogens is 230 g/mol. The number of nitrogens with two attached hydrogens (primary N) is 2. The maximum Gasteiger partial charge on any atom is 0.250 e. The predicted molar refractivity (Wildman–Crippen MR) is 73.8 cm³/mol. The molecule has 0 aliphatic rings. The van der Waals surface area contributed by atoms with Crippen LogP contribution in [0, 0.1) is 0 Å². The number of hydrogen-bond acceptors (Lipinski definition) is 4. The molecule has 0 aliphatic heterocycles. The Labute approximate surface area is 108 Å². The summed E-state index contributed by atoms with van der Waals surface area (Å²) in [4.78, 5) is 13.4. The van der Waals surface area contributed by atoms with Crippen LogP contribution in [-0.4, -0.2) is 32.2 Å². The Hall–Kier alpha value is -1.75. The fourth-order valence-electron chi connectivity index (χ4n) is 1.74. The maximum absolute atomic E-state index is 11.2. The van der Waals surface area contributed by atoms with Crippen molar-refractivity contribution in [2.75, 3.05) is 36.9 Å². The number of likely N-dealkylation sites (N-methyl/N-ethyl adjacent to an activating group) is 1. The maximum atomic E-state index is 11.2. The fourth-order valence-corrected chi connectivity index (χ4v) is 1.74. The van der Waals surface area contributed by atoms with Gasteiger partial charge in [0.1, 0.15) is 0 Å². The van der Waals surface area contributed by atoms with Crippen molar-refractivity contribution in [3.63, 3.8) is 0 Å². The average Bonchev–Trinajstić information content (AvgIpc) is 2.35. The third-order valence-electron chi connectivity index (χ3n) is 2.76. The molecular formula is C13H21N3O2. The van der Waals surface area contributed by atoms with Gasteiger partial charge in [0, 0.05) is 31.1 Å². The van der Waals surface area contributed by atoms with E-state index < -0.39 is 5.91 Å². The van der Waals surface area contributed by atoms with Crippen LogP contribution in [-0.2, 0) is 4.74 Å². The molecule has 0 fully saturated rings. The molecule has 0 atom stereocenters. The molecule has 4 N–H and O–H groups in total. The van der Waals surface area contributed by atoms with Gasteiger partial charge in [-0.25, -0.2) is 0 Å². The van der Waals surface area contributed by atoms with E-state index in [2.05, 4.69) is 4.90 Å². The number of rotatable bonds is 7. The normalized spacial score (nSPS) is 10.3. The van der Waals surface area contributed by atoms with Crippen LogP contribution in [0.5, 0.6) is 0 Å². The van der Waals surface area contributed by atoms with Crippen molar-refractivity contribution >= 4 is 17.3 Å². The molecule has 1 aromatic rings. The molecule has 0 unspecified atom stereocenters. The van der Waals surface area contributed by atoms with Gasteiger partial charge in [-0.2, -0.15) is 0 Å². The smallest absolute Gasteiger partial charge is 0.250 e. The monoisotopic (exact) mass is 251 g/mol. The summed E-state index contributed by atoms with van der Waals surface area (Å²) < 4.78 is 5.33. The van der Waals surface area contributed by atoms with Gasteiger partial charge in [0.25, 0.3) is 5.91 Å². The summed E-state index contributed by atoms with van der Waals surface area (Å²) in [7, 11) is 0. The molecule has 1 amide bonds. The van der Waals surface area contributed by atoms with Gasteiger partial charge in [-0.05, 0) is 32.0 Å². The van der Waals surface area contributed by atoms with E-state index in [1.165, 1.54) is 0 Å². The highest BCUT2D eigenvalue weighted by Crippen LogP contribution is 2.20. The SMILES string of the molecule is CCOCCN(CC)c1ccc(N)c(C(N)=O)c1. The number of carbonyl (C=O) groups excluding carboxylic acids is 1. The van der Waals surface area contributed by atoms with E-state index in [1.54, 1.807) is 12.1 Å². The number of carbonyl (C=O) groups is 1. The quantitative estimate of drug-likeness (QED) is 0.564. The zero-order valence-electron chi connectivity index (χ0n) is 11.0. The third-order valence-corrected chi connectivity index (χ3v) is 2.76. The molecule has 5 nitrogen and oxygen atoms in total. The minimum atomic E-state index is -0.504. The summed E-state index contributed by atoms with van der Waals surface area (Å²) in [5, 5.41) is 0. The highest BCUT2D eigenvalue weighted by Gasteiger charge is 2.10. The molecule has 1 aromatic carbocycles. The Morgan fingerprint density at radius 2 is 2.11 bits per heavy atom. The highest BCUT2D eigenvalue weighted by atomic mass is 16.5. The molecule has 0 aromatic heterocycles. The first-order chi connectivity index (χ1) is 8.60. The number of anilines is 2. The zero-order valence-corrected chi connectivity index (χ0v) is 11.0. The molecule has 1 rings (SSSR count). The van der Waals surface area contributed by atoms with Gasteiger partial charge in [0.15, 0.2) is 0 Å². The molecule has 0 bridgehead atoms. The topological polar surface area (TPSA) is 81.6 Å². The van der Waals surface area contributed by atoms with E-state index in [4.69, 9.17) is 16.2 Å². The molecule has 0 spiro atoms. The van der Waals surface area contributed by atoms with Gasteiger partial charge in [-0.15, -0.1) is 0 Å². The van der Waals surface area contributed by atoms with E-state index in [-0.39, 0.29) is 0 Å². The number of hydrogen-bond donors (Lipinski definition) is 2. The highest BCUT2D eigenvalue weighted by molar-refractivity contribution is 5.99. The van der Waals surface area contributed by atoms with Crippen LogP contribution in [0.3, 0.4) is 0 Å². The Morgan fingerprint density at radius 3 is 2.67 bits per heavy atom. The van der Waals surface area contributed by atoms with Crippen molar-refractivity contribution in [1.82, 2.24) is 0 Å². The van der Waals surface area contributed by atoms with Crippen LogP contribution in [0.2, 0.25) is 0 Å². The number of benzene rings is 1. The Morgan fingerprint density at radius 1 is 1.39 bits per heavy atom. The first kappa shape index (κ1) is 14.3. The van der Waals surface area contributed by atoms with Crippen molar-refractivity contribution < 1.29 is 9.53 Å². The largest absolute Gasteiger partial charge is 0.398 e. The van der Waals surface area contributed by atoms with Crippen molar-refractivity contribution in [3.05, 3.63) is 23.8 Å². The van der Waals surface area contributed by atoms with Gasteiger partial charge in [0.2, 0.25) is 0 Å². The fraction of sp³-hybridized carbons (Fsp3) is 0.462. The summed E-state index contributed by atoms with van der Waals surface area (Å²) in [5.74, 6) is -0.504. The van der Waals surface area contributed by atoms with E-state index in [0.29, 0.717) is 24.5 Å². The van der Waals surface area contributed by atoms with Gasteiger partial charge >= 0.3 is 0 Å². The second-order valence-electron chi connectivity index (χ2n) is 3.91. The second-order valence-corrected chi connectivity index (χ2v) is 3.91. The van der Waals surface area contributed by atoms with E-state index in [0.717, 1.165) is 18.8 Å². The lowest BCUT2D eigenvalue weighted by molar-refractivity contribution is 0.100. The van der Waals surface area contributed by atoms with Crippen LogP contribution in [0.15, 0.2) is 18.2 Å². The van der Waals surface area contributed by atoms with E-state index in [9.17, 15) is 4.79 Å². The summed E-state index contributed by atoms with van der Waals surface area (Å²) in [5.41, 5.74) is 12.7. The molecule has 100 valence electrons. The summed E-state index contributed by atoms with van der Waals surface area (Å²) in [6.45, 7) is 6.96. The lowest BCUT2D eigenvalue weighted by Gasteiger charge is -2.23. The zero-order chi connectivity index (χ0) is 13.5. The van der Waals surface area contributed by atoms with Gasteiger partial charge in [-0.1, -0.05) is 0 Å². The first-order valence-corrected chi connectivity index (χ1v) is 6.12. The number of amides is 1. The number of nitrogen functional groups attached to an aromatic ring is 1. The van der Waals surface area contributed by atoms with Crippen LogP contribution in [0.25, 0.3) is 0 Å². The molecule has 18 heavy (non-hydrogen) atoms. The summed E-state index contributed by atoms with van der Waals surface area (Å²) >= 11 is 0. The van der Waals surface area contributed by atoms with Crippen LogP contribution < -0.4 is 16.4 Å². The van der Waals surface area contributed by atoms with Crippen molar-refractivity contribution in [3.8, 4) is 0 Å². The molecule has 0 radical (unpaired) electrons. The van der Waals surface area contributed by atoms with E-state index in [1.807, 2.05) is 19.9 Å². The third kappa shape index (κ3) is 3.63. The molecule has 0 heterocycles. The Kier molecular flexibility index (Phi) is 5.45. The van der Waals surface area contributed by atoms with Crippen LogP contribution >= 0.6 is 0 Å². The minimum absolute atomic E-state index is 0.363. The van der Waals surface area contributed by atoms with Gasteiger partial charge < -0.3 is 21.1 Å². The Bertz CT molecular complexity index is 407. The summed E-state index contributed by atoms with van der Waals surface area (Å²) in [6, 6.07) is 5.32. The standard InChI is InChI=1S/C13H21N3O2/c1-3-16(7-8-18-4-2)10-5-6-12(14)11(9-10)13(15)17/h5-6,9H,3-4,7-8,14H2,1-2H3,(H2,15,17). The molecule has 5 heteroatoms. The van der Waals surface area contributed by atoms with Gasteiger partial charge in [0.05, 0.1) is 12.2 Å². The lowest BCUT2D eigenvalue weighted by Crippen LogP contribution is -2.27. The van der Waals surface area contributed by atoms with E-state index >= 15 is 0 Å². The number of ether oxygens (including phenoxy) is 1. The Balaban J connectivity index is 2.85. The lowest BCUT2D eigenvalue weighted by atomic mass is 10.1. The molecule has 0 aliphatic carbocycles. The molecule has 0 saturated carbocycles. The molecule has 0 saturated heterocycles. The number of nitrogens with zero attached hydrogens (tertiary/aromatic N) is 1. The van der Waals surface area contributed by atoms with Crippen molar-refractivity contribution in [1.29, 1.82) is 0 Å². The minimum Gasteiger partial charge on any atom is -0.398 e. The van der Waals surface area contributed by atoms with Crippen molar-refractivity contribution in [2.24, 2.45) is 5.73 Å². The first-order valence-electron chi connectivity index (χ1n) is 6.12. The van der Waals surface area contributed by atoms with Crippen LogP contribution in [0.1, 0.15) is 24.2 Å².